The summed E-state index contributed by atoms with van der Waals surface area (Å²) in [6.45, 7) is 2.65. The summed E-state index contributed by atoms with van der Waals surface area (Å²) in [5.74, 6) is -1.13. The molecule has 5 heteroatoms. The number of carbonyl (C=O) groups is 1. The number of benzene rings is 1. The lowest BCUT2D eigenvalue weighted by Gasteiger charge is -2.00. The average Bonchev–Trinajstić information content (AvgIpc) is 2.29. The molecule has 4 N–H and O–H groups in total. The molecule has 0 aliphatic carbocycles. The lowest BCUT2D eigenvalue weighted by Crippen LogP contribution is -2.01. The van der Waals surface area contributed by atoms with E-state index in [1.165, 1.54) is 25.3 Å². The number of nitrogens with two attached hydrogens (primary N) is 1. The zero-order chi connectivity index (χ0) is 13.3. The number of carboxylic acid groups (broad SMARTS) is 1. The van der Waals surface area contributed by atoms with Crippen LogP contribution < -0.4 is 5.73 Å². The average molecular weight is 239 g/mol. The molecule has 17 heavy (non-hydrogen) atoms. The van der Waals surface area contributed by atoms with Gasteiger partial charge in [0, 0.05) is 0 Å². The predicted molar refractivity (Wildman–Crippen MR) is 65.5 cm³/mol. The molecule has 0 aromatic heterocycles. The zero-order valence-electron chi connectivity index (χ0n) is 9.88. The Bertz CT molecular complexity index is 371. The third-order valence-corrected chi connectivity index (χ3v) is 1.62. The van der Waals surface area contributed by atoms with Gasteiger partial charge in [0.1, 0.15) is 5.75 Å². The highest BCUT2D eigenvalue weighted by atomic mass is 16.5. The van der Waals surface area contributed by atoms with Crippen molar-refractivity contribution in [3.63, 3.8) is 0 Å². The van der Waals surface area contributed by atoms with Crippen LogP contribution in [0.15, 0.2) is 30.0 Å². The number of ether oxygens (including phenoxy) is 1. The number of carboxylic acids is 1. The quantitative estimate of drug-likeness (QED) is 0.548. The van der Waals surface area contributed by atoms with E-state index >= 15 is 0 Å². The number of rotatable bonds is 3. The minimum atomic E-state index is -1.12. The van der Waals surface area contributed by atoms with Crippen molar-refractivity contribution in [1.29, 1.82) is 0 Å². The van der Waals surface area contributed by atoms with Gasteiger partial charge in [0.2, 0.25) is 5.76 Å². The highest BCUT2D eigenvalue weighted by molar-refractivity contribution is 5.89. The number of hydrogen-bond donors (Lipinski definition) is 3. The van der Waals surface area contributed by atoms with Crippen LogP contribution in [0.3, 0.4) is 0 Å². The van der Waals surface area contributed by atoms with E-state index in [-0.39, 0.29) is 11.5 Å². The molecule has 0 atom stereocenters. The van der Waals surface area contributed by atoms with Crippen molar-refractivity contribution in [2.24, 2.45) is 5.73 Å². The summed E-state index contributed by atoms with van der Waals surface area (Å²) < 4.78 is 4.64. The van der Waals surface area contributed by atoms with Crippen LogP contribution in [0.25, 0.3) is 6.08 Å². The van der Waals surface area contributed by atoms with Crippen molar-refractivity contribution < 1.29 is 19.7 Å². The van der Waals surface area contributed by atoms with Crippen LogP contribution in [0.2, 0.25) is 0 Å². The van der Waals surface area contributed by atoms with Gasteiger partial charge in [-0.1, -0.05) is 19.1 Å². The Morgan fingerprint density at radius 2 is 1.88 bits per heavy atom. The molecule has 0 saturated heterocycles. The van der Waals surface area contributed by atoms with Crippen LogP contribution in [-0.2, 0) is 9.53 Å². The van der Waals surface area contributed by atoms with Gasteiger partial charge in [0.05, 0.1) is 7.11 Å². The standard InChI is InChI=1S/C10H10O4.C2H7N/c1-14-9(10(12)13)6-7-2-4-8(11)5-3-7;1-2-3/h2-6,11H,1H3,(H,12,13);2-3H2,1H3/b9-6-;. The van der Waals surface area contributed by atoms with Crippen molar-refractivity contribution >= 4 is 12.0 Å². The summed E-state index contributed by atoms with van der Waals surface area (Å²) in [4.78, 5) is 10.6. The number of phenols is 1. The number of aromatic hydroxyl groups is 1. The van der Waals surface area contributed by atoms with Gasteiger partial charge in [0.15, 0.2) is 0 Å². The minimum absolute atomic E-state index is 0.136. The normalized spacial score (nSPS) is 10.2. The second-order valence-corrected chi connectivity index (χ2v) is 3.02. The Balaban J connectivity index is 0.000000770. The van der Waals surface area contributed by atoms with Gasteiger partial charge < -0.3 is 20.7 Å². The van der Waals surface area contributed by atoms with Crippen LogP contribution in [0, 0.1) is 0 Å². The van der Waals surface area contributed by atoms with Crippen LogP contribution >= 0.6 is 0 Å². The van der Waals surface area contributed by atoms with Gasteiger partial charge in [-0.25, -0.2) is 4.79 Å². The largest absolute Gasteiger partial charge is 0.508 e. The number of phenolic OH excluding ortho intramolecular Hbond substituents is 1. The number of hydrogen-bond acceptors (Lipinski definition) is 4. The van der Waals surface area contributed by atoms with Gasteiger partial charge >= 0.3 is 5.97 Å². The van der Waals surface area contributed by atoms with Gasteiger partial charge in [-0.15, -0.1) is 0 Å². The van der Waals surface area contributed by atoms with Crippen molar-refractivity contribution in [3.8, 4) is 5.75 Å². The fourth-order valence-electron chi connectivity index (χ4n) is 0.930. The molecule has 1 aromatic rings. The first-order valence-electron chi connectivity index (χ1n) is 5.03. The maximum absolute atomic E-state index is 10.6. The summed E-state index contributed by atoms with van der Waals surface area (Å²) in [5.41, 5.74) is 5.50. The van der Waals surface area contributed by atoms with E-state index < -0.39 is 5.97 Å². The molecular weight excluding hydrogens is 222 g/mol. The maximum Gasteiger partial charge on any atom is 0.371 e. The maximum atomic E-state index is 10.6. The topological polar surface area (TPSA) is 92.8 Å². The molecule has 94 valence electrons. The Labute approximate surface area is 100 Å². The molecule has 0 aliphatic rings. The predicted octanol–water partition coefficient (Wildman–Crippen LogP) is 1.43. The van der Waals surface area contributed by atoms with E-state index in [0.717, 1.165) is 6.54 Å². The molecule has 0 unspecified atom stereocenters. The number of aliphatic carboxylic acids is 1. The highest BCUT2D eigenvalue weighted by Crippen LogP contribution is 2.12. The summed E-state index contributed by atoms with van der Waals surface area (Å²) >= 11 is 0. The molecule has 0 radical (unpaired) electrons. The van der Waals surface area contributed by atoms with Crippen LogP contribution in [-0.4, -0.2) is 29.8 Å². The van der Waals surface area contributed by atoms with Gasteiger partial charge in [-0.3, -0.25) is 0 Å². The first-order valence-corrected chi connectivity index (χ1v) is 5.03. The first-order chi connectivity index (χ1) is 8.04. The molecule has 1 aromatic carbocycles. The van der Waals surface area contributed by atoms with Gasteiger partial charge in [-0.05, 0) is 30.3 Å². The molecule has 5 nitrogen and oxygen atoms in total. The zero-order valence-corrected chi connectivity index (χ0v) is 9.88. The molecule has 1 rings (SSSR count). The fraction of sp³-hybridized carbons (Fsp3) is 0.250. The lowest BCUT2D eigenvalue weighted by atomic mass is 10.2. The second-order valence-electron chi connectivity index (χ2n) is 3.02. The second kappa shape index (κ2) is 8.18. The van der Waals surface area contributed by atoms with Crippen molar-refractivity contribution in [1.82, 2.24) is 0 Å². The van der Waals surface area contributed by atoms with Crippen LogP contribution in [0.1, 0.15) is 12.5 Å². The number of methoxy groups -OCH3 is 1. The van der Waals surface area contributed by atoms with Crippen molar-refractivity contribution in [2.45, 2.75) is 6.92 Å². The van der Waals surface area contributed by atoms with Gasteiger partial charge in [0.25, 0.3) is 0 Å². The molecule has 0 aliphatic heterocycles. The van der Waals surface area contributed by atoms with E-state index in [9.17, 15) is 4.79 Å². The monoisotopic (exact) mass is 239 g/mol. The molecule has 0 bridgehead atoms. The molecule has 0 saturated carbocycles. The first kappa shape index (κ1) is 15.0. The van der Waals surface area contributed by atoms with E-state index in [2.05, 4.69) is 4.74 Å². The van der Waals surface area contributed by atoms with E-state index in [1.54, 1.807) is 12.1 Å². The lowest BCUT2D eigenvalue weighted by molar-refractivity contribution is -0.135. The summed E-state index contributed by atoms with van der Waals surface area (Å²) in [6.07, 6.45) is 1.38. The van der Waals surface area contributed by atoms with Crippen LogP contribution in [0.4, 0.5) is 0 Å². The molecule has 0 fully saturated rings. The van der Waals surface area contributed by atoms with E-state index in [0.29, 0.717) is 5.56 Å². The summed E-state index contributed by atoms with van der Waals surface area (Å²) in [6, 6.07) is 6.14. The SMILES string of the molecule is CCN.CO/C(=C\c1ccc(O)cc1)C(=O)O. The summed E-state index contributed by atoms with van der Waals surface area (Å²) in [5, 5.41) is 17.6. The molecule has 0 amide bonds. The third kappa shape index (κ3) is 6.21. The molecule has 0 heterocycles. The molecular formula is C12H17NO4. The van der Waals surface area contributed by atoms with E-state index in [1.807, 2.05) is 6.92 Å². The minimum Gasteiger partial charge on any atom is -0.508 e. The van der Waals surface area contributed by atoms with Crippen LogP contribution in [0.5, 0.6) is 5.75 Å². The van der Waals surface area contributed by atoms with Gasteiger partial charge in [-0.2, -0.15) is 0 Å². The Hall–Kier alpha value is -2.01. The van der Waals surface area contributed by atoms with Crippen molar-refractivity contribution in [3.05, 3.63) is 35.6 Å². The Kier molecular flexibility index (Phi) is 7.21. The Morgan fingerprint density at radius 3 is 2.24 bits per heavy atom. The highest BCUT2D eigenvalue weighted by Gasteiger charge is 2.05. The smallest absolute Gasteiger partial charge is 0.371 e. The fourth-order valence-corrected chi connectivity index (χ4v) is 0.930. The third-order valence-electron chi connectivity index (χ3n) is 1.62. The van der Waals surface area contributed by atoms with E-state index in [4.69, 9.17) is 15.9 Å². The van der Waals surface area contributed by atoms with Crippen molar-refractivity contribution in [2.75, 3.05) is 13.7 Å². The molecule has 0 spiro atoms. The Morgan fingerprint density at radius 1 is 1.41 bits per heavy atom. The summed E-state index contributed by atoms with van der Waals surface area (Å²) in [7, 11) is 1.29.